The highest BCUT2D eigenvalue weighted by Crippen LogP contribution is 2.41. The molecular weight excluding hydrogens is 496 g/mol. The van der Waals surface area contributed by atoms with Crippen molar-refractivity contribution >= 4 is 58.4 Å². The summed E-state index contributed by atoms with van der Waals surface area (Å²) in [4.78, 5) is 56.9. The molecule has 2 aliphatic rings. The maximum absolute atomic E-state index is 12.8. The van der Waals surface area contributed by atoms with Gasteiger partial charge in [0.1, 0.15) is 24.2 Å². The lowest BCUT2D eigenvalue weighted by molar-refractivity contribution is -0.150. The van der Waals surface area contributed by atoms with Gasteiger partial charge in [0.25, 0.3) is 11.8 Å². The lowest BCUT2D eigenvalue weighted by Gasteiger charge is -2.49. The number of aromatic amines is 1. The molecule has 174 valence electrons. The molecule has 1 fully saturated rings. The molecule has 17 heteroatoms. The van der Waals surface area contributed by atoms with Crippen LogP contribution >= 0.6 is 34.9 Å². The summed E-state index contributed by atoms with van der Waals surface area (Å²) >= 11 is 3.44. The molecule has 3 N–H and O–H groups in total. The molecule has 2 aliphatic heterocycles. The van der Waals surface area contributed by atoms with Gasteiger partial charge in [-0.25, -0.2) is 9.48 Å². The number of thiazole rings is 1. The lowest BCUT2D eigenvalue weighted by atomic mass is 10.0. The number of aryl methyl sites for hydroxylation is 1. The first-order valence-corrected chi connectivity index (χ1v) is 12.1. The van der Waals surface area contributed by atoms with Crippen molar-refractivity contribution in [1.82, 2.24) is 35.4 Å². The molecule has 0 bridgehead atoms. The van der Waals surface area contributed by atoms with Crippen LogP contribution in [0.5, 0.6) is 0 Å². The van der Waals surface area contributed by atoms with Crippen LogP contribution in [0.3, 0.4) is 0 Å². The Balaban J connectivity index is 1.50. The van der Waals surface area contributed by atoms with E-state index in [1.165, 1.54) is 45.6 Å². The molecule has 4 rings (SSSR count). The number of fused-ring (bicyclic) bond motifs is 1. The predicted octanol–water partition coefficient (Wildman–Crippen LogP) is -1.16. The van der Waals surface area contributed by atoms with Crippen LogP contribution in [0.1, 0.15) is 5.69 Å². The van der Waals surface area contributed by atoms with Crippen LogP contribution in [0.15, 0.2) is 31.8 Å². The minimum Gasteiger partial charge on any atom is -0.477 e. The Morgan fingerprint density at radius 2 is 2.24 bits per heavy atom. The molecule has 2 atom stereocenters. The number of thioether (sulfide) groups is 2. The molecule has 1 saturated heterocycles. The zero-order valence-corrected chi connectivity index (χ0v) is 19.5. The van der Waals surface area contributed by atoms with E-state index in [0.717, 1.165) is 11.3 Å². The van der Waals surface area contributed by atoms with Crippen molar-refractivity contribution in [2.75, 3.05) is 18.6 Å². The highest BCUT2D eigenvalue weighted by Gasteiger charge is 2.54. The predicted molar refractivity (Wildman–Crippen MR) is 118 cm³/mol. The number of aliphatic carboxylic acids is 1. The molecule has 33 heavy (non-hydrogen) atoms. The number of carbonyl (C=O) groups is 3. The number of oxime groups is 1. The first-order valence-electron chi connectivity index (χ1n) is 9.17. The lowest BCUT2D eigenvalue weighted by Crippen LogP contribution is -2.71. The van der Waals surface area contributed by atoms with Crippen molar-refractivity contribution in [3.63, 3.8) is 0 Å². The van der Waals surface area contributed by atoms with Gasteiger partial charge in [-0.05, 0) is 16.0 Å². The smallest absolute Gasteiger partial charge is 0.352 e. The molecule has 2 amide bonds. The minimum atomic E-state index is -1.23. The third kappa shape index (κ3) is 4.38. The molecule has 14 nitrogen and oxygen atoms in total. The summed E-state index contributed by atoms with van der Waals surface area (Å²) in [6, 6.07) is -0.957. The fourth-order valence-electron chi connectivity index (χ4n) is 3.20. The second-order valence-electron chi connectivity index (χ2n) is 6.68. The standard InChI is InChI=1S/C16H16N8O6S3/c1-23-15(19-21-22-23)32-4-6-3-31-13-9(12(26)24(13)10(6)14(27)28)18-11(25)8(20-30-2)7-5-33-16(29)17-7/h5,9,13H,3-4H2,1-2H3,(H,17,29)(H,18,25)(H,27,28)/t9?,13-/m1/s1. The van der Waals surface area contributed by atoms with E-state index in [1.54, 1.807) is 7.05 Å². The third-order valence-electron chi connectivity index (χ3n) is 4.67. The van der Waals surface area contributed by atoms with Crippen LogP contribution < -0.4 is 10.2 Å². The quantitative estimate of drug-likeness (QED) is 0.168. The molecular formula is C16H16N8O6S3. The number of aromatic nitrogens is 5. The number of hydrogen-bond acceptors (Lipinski definition) is 12. The minimum absolute atomic E-state index is 0.107. The van der Waals surface area contributed by atoms with Crippen molar-refractivity contribution in [3.8, 4) is 0 Å². The number of amides is 2. The maximum Gasteiger partial charge on any atom is 0.352 e. The van der Waals surface area contributed by atoms with Gasteiger partial charge in [-0.3, -0.25) is 19.3 Å². The maximum atomic E-state index is 12.8. The van der Waals surface area contributed by atoms with Crippen molar-refractivity contribution < 1.29 is 24.3 Å². The second-order valence-corrected chi connectivity index (χ2v) is 9.57. The average molecular weight is 513 g/mol. The van der Waals surface area contributed by atoms with Crippen molar-refractivity contribution in [1.29, 1.82) is 0 Å². The summed E-state index contributed by atoms with van der Waals surface area (Å²) in [6.45, 7) is 0. The number of rotatable bonds is 8. The SMILES string of the molecule is CON=C(C(=O)NC1C(=O)N2C(C(=O)O)=C(CSc3nnnn3C)CS[C@H]12)c1csc(=O)[nH]1. The number of carboxylic acids is 1. The average Bonchev–Trinajstić information content (AvgIpc) is 3.40. The van der Waals surface area contributed by atoms with Gasteiger partial charge in [-0.1, -0.05) is 28.3 Å². The van der Waals surface area contributed by atoms with Gasteiger partial charge < -0.3 is 20.2 Å². The van der Waals surface area contributed by atoms with Crippen LogP contribution in [0.2, 0.25) is 0 Å². The Morgan fingerprint density at radius 1 is 1.45 bits per heavy atom. The largest absolute Gasteiger partial charge is 0.477 e. The highest BCUT2D eigenvalue weighted by atomic mass is 32.2. The van der Waals surface area contributed by atoms with E-state index in [-0.39, 0.29) is 27.7 Å². The van der Waals surface area contributed by atoms with Crippen LogP contribution in [-0.2, 0) is 26.3 Å². The van der Waals surface area contributed by atoms with Gasteiger partial charge in [0.05, 0.1) is 5.69 Å². The van der Waals surface area contributed by atoms with Gasteiger partial charge in [-0.2, -0.15) is 0 Å². The Labute approximate surface area is 197 Å². The number of nitrogens with zero attached hydrogens (tertiary/aromatic N) is 6. The van der Waals surface area contributed by atoms with E-state index in [9.17, 15) is 24.3 Å². The third-order valence-corrected chi connectivity index (χ3v) is 7.77. The number of H-pyrrole nitrogens is 1. The van der Waals surface area contributed by atoms with E-state index >= 15 is 0 Å². The van der Waals surface area contributed by atoms with E-state index < -0.39 is 29.2 Å². The van der Waals surface area contributed by atoms with Crippen LogP contribution in [0.4, 0.5) is 0 Å². The number of β-lactam (4-membered cyclic amide) rings is 1. The normalized spacial score (nSPS) is 20.4. The Kier molecular flexibility index (Phi) is 6.52. The number of hydrogen-bond donors (Lipinski definition) is 3. The summed E-state index contributed by atoms with van der Waals surface area (Å²) in [5.74, 6) is -1.90. The zero-order valence-electron chi connectivity index (χ0n) is 17.0. The van der Waals surface area contributed by atoms with E-state index in [4.69, 9.17) is 0 Å². The van der Waals surface area contributed by atoms with Gasteiger partial charge in [0, 0.05) is 23.9 Å². The fourth-order valence-corrected chi connectivity index (χ4v) is 6.10. The van der Waals surface area contributed by atoms with E-state index in [0.29, 0.717) is 16.5 Å². The number of carbonyl (C=O) groups excluding carboxylic acids is 2. The van der Waals surface area contributed by atoms with Crippen molar-refractivity contribution in [2.24, 2.45) is 12.2 Å². The van der Waals surface area contributed by atoms with Gasteiger partial charge in [0.2, 0.25) is 5.16 Å². The topological polar surface area (TPSA) is 185 Å². The van der Waals surface area contributed by atoms with Gasteiger partial charge >= 0.3 is 10.8 Å². The molecule has 0 aliphatic carbocycles. The molecule has 0 saturated carbocycles. The second kappa shape index (κ2) is 9.36. The van der Waals surface area contributed by atoms with Crippen LogP contribution in [-0.4, -0.2) is 88.7 Å². The van der Waals surface area contributed by atoms with Gasteiger partial charge in [-0.15, -0.1) is 16.9 Å². The van der Waals surface area contributed by atoms with Crippen LogP contribution in [0.25, 0.3) is 0 Å². The molecule has 4 heterocycles. The van der Waals surface area contributed by atoms with Crippen LogP contribution in [0, 0.1) is 0 Å². The molecule has 0 aromatic carbocycles. The summed E-state index contributed by atoms with van der Waals surface area (Å²) in [5.41, 5.74) is 0.386. The molecule has 2 aromatic heterocycles. The first kappa shape index (κ1) is 23.0. The van der Waals surface area contributed by atoms with Crippen molar-refractivity contribution in [3.05, 3.63) is 32.0 Å². The number of tetrazole rings is 1. The molecule has 0 spiro atoms. The fraction of sp³-hybridized carbons (Fsp3) is 0.375. The number of carboxylic acid groups (broad SMARTS) is 1. The van der Waals surface area contributed by atoms with Gasteiger partial charge in [0.15, 0.2) is 5.71 Å². The summed E-state index contributed by atoms with van der Waals surface area (Å²) in [5, 5.41) is 28.4. The summed E-state index contributed by atoms with van der Waals surface area (Å²) in [7, 11) is 2.91. The molecule has 1 unspecified atom stereocenters. The highest BCUT2D eigenvalue weighted by molar-refractivity contribution is 8.01. The first-order chi connectivity index (χ1) is 15.8. The Morgan fingerprint density at radius 3 is 2.85 bits per heavy atom. The monoisotopic (exact) mass is 512 g/mol. The summed E-state index contributed by atoms with van der Waals surface area (Å²) in [6.07, 6.45) is 0. The van der Waals surface area contributed by atoms with Crippen molar-refractivity contribution in [2.45, 2.75) is 16.6 Å². The Bertz CT molecular complexity index is 1230. The van der Waals surface area contributed by atoms with E-state index in [1.807, 2.05) is 0 Å². The Hall–Kier alpha value is -3.18. The number of nitrogens with one attached hydrogen (secondary N) is 2. The molecule has 0 radical (unpaired) electrons. The molecule has 2 aromatic rings. The summed E-state index contributed by atoms with van der Waals surface area (Å²) < 4.78 is 1.46. The zero-order chi connectivity index (χ0) is 23.7. The van der Waals surface area contributed by atoms with E-state index in [2.05, 4.69) is 35.8 Å².